The predicted molar refractivity (Wildman–Crippen MR) is 57.9 cm³/mol. The van der Waals surface area contributed by atoms with Crippen LogP contribution in [0.15, 0.2) is 28.9 Å². The fraction of sp³-hybridized carbons (Fsp3) is 0.0909. The number of oxazole rings is 1. The summed E-state index contributed by atoms with van der Waals surface area (Å²) in [6, 6.07) is 4.21. The lowest BCUT2D eigenvalue weighted by Crippen LogP contribution is -1.98. The van der Waals surface area contributed by atoms with E-state index in [0.717, 1.165) is 6.26 Å². The van der Waals surface area contributed by atoms with E-state index < -0.39 is 5.97 Å². The van der Waals surface area contributed by atoms with Crippen LogP contribution in [-0.4, -0.2) is 16.1 Å². The van der Waals surface area contributed by atoms with E-state index in [1.807, 2.05) is 0 Å². The van der Waals surface area contributed by atoms with Gasteiger partial charge in [0.1, 0.15) is 12.1 Å². The maximum atomic E-state index is 12.9. The molecule has 0 spiro atoms. The molecular formula is C11H9FN2O3. The number of aryl methyl sites for hydroxylation is 1. The Kier molecular flexibility index (Phi) is 2.78. The first-order valence-corrected chi connectivity index (χ1v) is 4.78. The molecule has 1 aromatic carbocycles. The first-order valence-electron chi connectivity index (χ1n) is 4.78. The second-order valence-electron chi connectivity index (χ2n) is 3.43. The van der Waals surface area contributed by atoms with E-state index in [1.54, 1.807) is 6.92 Å². The van der Waals surface area contributed by atoms with Gasteiger partial charge in [-0.2, -0.15) is 4.98 Å². The molecule has 0 atom stereocenters. The number of hydrogen-bond acceptors (Lipinski definition) is 4. The molecule has 0 aliphatic rings. The Hall–Kier alpha value is -2.37. The maximum Gasteiger partial charge on any atom is 0.357 e. The quantitative estimate of drug-likeness (QED) is 0.856. The number of carbonyl (C=O) groups is 1. The van der Waals surface area contributed by atoms with Gasteiger partial charge in [0.15, 0.2) is 5.69 Å². The summed E-state index contributed by atoms with van der Waals surface area (Å²) in [6.07, 6.45) is 1.03. The summed E-state index contributed by atoms with van der Waals surface area (Å²) in [5.41, 5.74) is 1.08. The van der Waals surface area contributed by atoms with Crippen LogP contribution in [0.4, 0.5) is 16.1 Å². The number of anilines is 2. The van der Waals surface area contributed by atoms with E-state index >= 15 is 0 Å². The minimum atomic E-state index is -1.17. The van der Waals surface area contributed by atoms with Gasteiger partial charge < -0.3 is 14.8 Å². The van der Waals surface area contributed by atoms with Crippen LogP contribution in [-0.2, 0) is 0 Å². The summed E-state index contributed by atoms with van der Waals surface area (Å²) in [5.74, 6) is -1.51. The molecule has 0 saturated carbocycles. The molecule has 2 aromatic rings. The van der Waals surface area contributed by atoms with Crippen molar-refractivity contribution in [2.75, 3.05) is 5.32 Å². The Morgan fingerprint density at radius 1 is 1.53 bits per heavy atom. The largest absolute Gasteiger partial charge is 0.476 e. The second kappa shape index (κ2) is 4.25. The van der Waals surface area contributed by atoms with E-state index in [2.05, 4.69) is 10.3 Å². The van der Waals surface area contributed by atoms with Crippen molar-refractivity contribution in [3.05, 3.63) is 41.5 Å². The summed E-state index contributed by atoms with van der Waals surface area (Å²) >= 11 is 0. The van der Waals surface area contributed by atoms with Gasteiger partial charge in [-0.05, 0) is 30.7 Å². The molecule has 2 rings (SSSR count). The highest BCUT2D eigenvalue weighted by Crippen LogP contribution is 2.20. The number of aromatic nitrogens is 1. The SMILES string of the molecule is Cc1cc(F)ccc1Nc1nc(C(=O)O)co1. The van der Waals surface area contributed by atoms with Crippen molar-refractivity contribution < 1.29 is 18.7 Å². The molecule has 2 N–H and O–H groups in total. The normalized spacial score (nSPS) is 10.2. The Labute approximate surface area is 95.9 Å². The molecule has 17 heavy (non-hydrogen) atoms. The number of hydrogen-bond donors (Lipinski definition) is 2. The van der Waals surface area contributed by atoms with E-state index in [4.69, 9.17) is 9.52 Å². The summed E-state index contributed by atoms with van der Waals surface area (Å²) < 4.78 is 17.8. The summed E-state index contributed by atoms with van der Waals surface area (Å²) in [5, 5.41) is 11.4. The van der Waals surface area contributed by atoms with Gasteiger partial charge in [-0.3, -0.25) is 0 Å². The molecule has 1 aromatic heterocycles. The summed E-state index contributed by atoms with van der Waals surface area (Å²) in [4.78, 5) is 14.3. The zero-order chi connectivity index (χ0) is 12.4. The van der Waals surface area contributed by atoms with Gasteiger partial charge in [0, 0.05) is 5.69 Å². The van der Waals surface area contributed by atoms with Crippen molar-refractivity contribution in [1.82, 2.24) is 4.98 Å². The van der Waals surface area contributed by atoms with E-state index in [1.165, 1.54) is 18.2 Å². The highest BCUT2D eigenvalue weighted by molar-refractivity contribution is 5.85. The number of nitrogens with zero attached hydrogens (tertiary/aromatic N) is 1. The van der Waals surface area contributed by atoms with Gasteiger partial charge in [0.05, 0.1) is 0 Å². The Bertz CT molecular complexity index is 566. The highest BCUT2D eigenvalue weighted by Gasteiger charge is 2.11. The molecule has 0 fully saturated rings. The van der Waals surface area contributed by atoms with Crippen LogP contribution < -0.4 is 5.32 Å². The molecule has 6 heteroatoms. The maximum absolute atomic E-state index is 12.9. The molecule has 88 valence electrons. The first-order chi connectivity index (χ1) is 8.06. The number of carboxylic acids is 1. The van der Waals surface area contributed by atoms with Gasteiger partial charge in [-0.25, -0.2) is 9.18 Å². The molecule has 0 bridgehead atoms. The van der Waals surface area contributed by atoms with Crippen molar-refractivity contribution >= 4 is 17.7 Å². The third-order valence-corrected chi connectivity index (χ3v) is 2.15. The van der Waals surface area contributed by atoms with Crippen molar-refractivity contribution in [3.8, 4) is 0 Å². The minimum Gasteiger partial charge on any atom is -0.476 e. The second-order valence-corrected chi connectivity index (χ2v) is 3.43. The lowest BCUT2D eigenvalue weighted by molar-refractivity contribution is 0.0690. The zero-order valence-electron chi connectivity index (χ0n) is 8.90. The average Bonchev–Trinajstić information content (AvgIpc) is 2.71. The van der Waals surface area contributed by atoms with E-state index in [9.17, 15) is 9.18 Å². The number of aromatic carboxylic acids is 1. The summed E-state index contributed by atoms with van der Waals surface area (Å²) in [7, 11) is 0. The molecule has 5 nitrogen and oxygen atoms in total. The average molecular weight is 236 g/mol. The first kappa shape index (κ1) is 11.1. The number of rotatable bonds is 3. The number of halogens is 1. The molecule has 0 aliphatic carbocycles. The topological polar surface area (TPSA) is 75.4 Å². The smallest absolute Gasteiger partial charge is 0.357 e. The Morgan fingerprint density at radius 3 is 2.88 bits per heavy atom. The van der Waals surface area contributed by atoms with Crippen LogP contribution in [0.3, 0.4) is 0 Å². The van der Waals surface area contributed by atoms with E-state index in [0.29, 0.717) is 11.3 Å². The van der Waals surface area contributed by atoms with Crippen molar-refractivity contribution in [1.29, 1.82) is 0 Å². The van der Waals surface area contributed by atoms with Crippen LogP contribution in [0.5, 0.6) is 0 Å². The predicted octanol–water partition coefficient (Wildman–Crippen LogP) is 2.56. The number of nitrogens with one attached hydrogen (secondary N) is 1. The van der Waals surface area contributed by atoms with Gasteiger partial charge in [0.25, 0.3) is 6.01 Å². The standard InChI is InChI=1S/C11H9FN2O3/c1-6-4-7(12)2-3-8(6)13-11-14-9(5-17-11)10(15)16/h2-5H,1H3,(H,13,14)(H,15,16). The van der Waals surface area contributed by atoms with Crippen LogP contribution in [0.25, 0.3) is 0 Å². The molecular weight excluding hydrogens is 227 g/mol. The molecule has 0 amide bonds. The lowest BCUT2D eigenvalue weighted by atomic mass is 10.2. The van der Waals surface area contributed by atoms with Crippen molar-refractivity contribution in [3.63, 3.8) is 0 Å². The molecule has 0 unspecified atom stereocenters. The fourth-order valence-electron chi connectivity index (χ4n) is 1.31. The van der Waals surface area contributed by atoms with Crippen LogP contribution in [0.1, 0.15) is 16.1 Å². The summed E-state index contributed by atoms with van der Waals surface area (Å²) in [6.45, 7) is 1.71. The molecule has 0 aliphatic heterocycles. The van der Waals surface area contributed by atoms with Crippen LogP contribution in [0.2, 0.25) is 0 Å². The van der Waals surface area contributed by atoms with Gasteiger partial charge in [-0.15, -0.1) is 0 Å². The third-order valence-electron chi connectivity index (χ3n) is 2.15. The minimum absolute atomic E-state index is 0.0529. The van der Waals surface area contributed by atoms with Crippen molar-refractivity contribution in [2.45, 2.75) is 6.92 Å². The number of carboxylic acid groups (broad SMARTS) is 1. The van der Waals surface area contributed by atoms with Crippen LogP contribution >= 0.6 is 0 Å². The molecule has 1 heterocycles. The fourth-order valence-corrected chi connectivity index (χ4v) is 1.31. The van der Waals surface area contributed by atoms with Gasteiger partial charge in [-0.1, -0.05) is 0 Å². The van der Waals surface area contributed by atoms with Crippen LogP contribution in [0, 0.1) is 12.7 Å². The third kappa shape index (κ3) is 2.41. The van der Waals surface area contributed by atoms with Crippen molar-refractivity contribution in [2.24, 2.45) is 0 Å². The molecule has 0 radical (unpaired) electrons. The van der Waals surface area contributed by atoms with Gasteiger partial charge >= 0.3 is 5.97 Å². The monoisotopic (exact) mass is 236 g/mol. The Balaban J connectivity index is 2.22. The number of benzene rings is 1. The van der Waals surface area contributed by atoms with E-state index in [-0.39, 0.29) is 17.5 Å². The zero-order valence-corrected chi connectivity index (χ0v) is 8.90. The Morgan fingerprint density at radius 2 is 2.29 bits per heavy atom. The lowest BCUT2D eigenvalue weighted by Gasteiger charge is -2.05. The van der Waals surface area contributed by atoms with Gasteiger partial charge in [0.2, 0.25) is 0 Å². The highest BCUT2D eigenvalue weighted by atomic mass is 19.1. The molecule has 0 saturated heterocycles.